The predicted octanol–water partition coefficient (Wildman–Crippen LogP) is 5.44. The number of halogens is 1. The van der Waals surface area contributed by atoms with Gasteiger partial charge in [0.25, 0.3) is 5.91 Å². The Labute approximate surface area is 190 Å². The quantitative estimate of drug-likeness (QED) is 0.282. The summed E-state index contributed by atoms with van der Waals surface area (Å²) in [6, 6.07) is 22.7. The molecule has 0 aromatic heterocycles. The highest BCUT2D eigenvalue weighted by Gasteiger charge is 2.08. The van der Waals surface area contributed by atoms with Gasteiger partial charge < -0.3 is 10.1 Å². The van der Waals surface area contributed by atoms with Gasteiger partial charge in [-0.1, -0.05) is 0 Å². The summed E-state index contributed by atoms with van der Waals surface area (Å²) in [7, 11) is 3.36. The molecule has 0 aliphatic rings. The Bertz CT molecular complexity index is 1070. The first kappa shape index (κ1) is 21.7. The van der Waals surface area contributed by atoms with E-state index in [1.807, 2.05) is 79.7 Å². The first-order valence-corrected chi connectivity index (χ1v) is 10.4. The number of carbonyl (C=O) groups excluding carboxylic acids is 1. The highest BCUT2D eigenvalue weighted by molar-refractivity contribution is 14.1. The molecule has 0 heterocycles. The molecule has 152 valence electrons. The lowest BCUT2D eigenvalue weighted by molar-refractivity contribution is 0.102. The lowest BCUT2D eigenvalue weighted by atomic mass is 10.1. The molecule has 0 atom stereocenters. The summed E-state index contributed by atoms with van der Waals surface area (Å²) in [5.74, 6) is 1.29. The predicted molar refractivity (Wildman–Crippen MR) is 131 cm³/mol. The Morgan fingerprint density at radius 1 is 0.867 bits per heavy atom. The maximum atomic E-state index is 12.4. The van der Waals surface area contributed by atoms with E-state index in [9.17, 15) is 4.79 Å². The van der Waals surface area contributed by atoms with Crippen LogP contribution >= 0.6 is 22.6 Å². The highest BCUT2D eigenvalue weighted by atomic mass is 127. The summed E-state index contributed by atoms with van der Waals surface area (Å²) in [5.41, 5.74) is 4.06. The maximum absolute atomic E-state index is 12.4. The molecule has 0 aliphatic carbocycles. The van der Waals surface area contributed by atoms with Crippen molar-refractivity contribution in [3.05, 3.63) is 93.1 Å². The molecule has 0 fully saturated rings. The number of nitrogens with zero attached hydrogens (tertiary/aromatic N) is 2. The molecule has 30 heavy (non-hydrogen) atoms. The number of methoxy groups -OCH3 is 1. The van der Waals surface area contributed by atoms with Crippen LogP contribution < -0.4 is 10.1 Å². The number of benzene rings is 3. The van der Waals surface area contributed by atoms with Crippen molar-refractivity contribution in [3.8, 4) is 5.75 Å². The van der Waals surface area contributed by atoms with Crippen LogP contribution in [0.1, 0.15) is 28.4 Å². The summed E-state index contributed by atoms with van der Waals surface area (Å²) in [4.78, 5) is 21.4. The van der Waals surface area contributed by atoms with Gasteiger partial charge in [-0.25, -0.2) is 4.99 Å². The van der Waals surface area contributed by atoms with Crippen LogP contribution in [0.4, 0.5) is 5.69 Å². The molecule has 0 unspecified atom stereocenters. The van der Waals surface area contributed by atoms with Crippen LogP contribution in [0.5, 0.6) is 5.75 Å². The standard InChI is InChI=1S/C24H22IN3O2/c1-16(17-8-14-22(30-3)15-9-17)27-23(26-2)18-6-12-21(13-7-18)28-24(29)19-4-10-20(25)11-5-19/h4-15H,1-3H3,(H,28,29)/b26-23-,27-16+. The number of ether oxygens (including phenoxy) is 1. The molecule has 0 aliphatic heterocycles. The van der Waals surface area contributed by atoms with Crippen molar-refractivity contribution >= 4 is 45.7 Å². The van der Waals surface area contributed by atoms with Gasteiger partial charge in [0.2, 0.25) is 0 Å². The minimum atomic E-state index is -0.142. The number of hydrogen-bond donors (Lipinski definition) is 1. The van der Waals surface area contributed by atoms with Gasteiger partial charge in [0, 0.05) is 33.1 Å². The number of amidine groups is 1. The Balaban J connectivity index is 1.73. The van der Waals surface area contributed by atoms with Crippen molar-refractivity contribution in [3.63, 3.8) is 0 Å². The monoisotopic (exact) mass is 511 g/mol. The number of anilines is 1. The van der Waals surface area contributed by atoms with Crippen molar-refractivity contribution < 1.29 is 9.53 Å². The third-order valence-corrected chi connectivity index (χ3v) is 5.22. The zero-order valence-corrected chi connectivity index (χ0v) is 19.2. The Hall–Kier alpha value is -3.00. The first-order chi connectivity index (χ1) is 14.5. The Morgan fingerprint density at radius 3 is 2.00 bits per heavy atom. The molecule has 1 amide bonds. The van der Waals surface area contributed by atoms with E-state index in [-0.39, 0.29) is 5.91 Å². The van der Waals surface area contributed by atoms with Gasteiger partial charge in [-0.05, 0) is 108 Å². The summed E-state index contributed by atoms with van der Waals surface area (Å²) in [5, 5.41) is 2.91. The zero-order chi connectivity index (χ0) is 21.5. The summed E-state index contributed by atoms with van der Waals surface area (Å²) in [6.07, 6.45) is 0. The van der Waals surface area contributed by atoms with Crippen molar-refractivity contribution in [2.75, 3.05) is 19.5 Å². The van der Waals surface area contributed by atoms with Crippen molar-refractivity contribution in [2.45, 2.75) is 6.92 Å². The van der Waals surface area contributed by atoms with Crippen LogP contribution in [0.2, 0.25) is 0 Å². The second-order valence-corrected chi connectivity index (χ2v) is 7.76. The third kappa shape index (κ3) is 5.54. The van der Waals surface area contributed by atoms with E-state index in [0.717, 1.165) is 26.2 Å². The van der Waals surface area contributed by atoms with E-state index in [4.69, 9.17) is 4.74 Å². The molecule has 3 aromatic rings. The van der Waals surface area contributed by atoms with Crippen LogP contribution in [0.15, 0.2) is 82.8 Å². The largest absolute Gasteiger partial charge is 0.497 e. The molecule has 3 aromatic carbocycles. The molecule has 0 saturated carbocycles. The second-order valence-electron chi connectivity index (χ2n) is 6.51. The average molecular weight is 511 g/mol. The minimum Gasteiger partial charge on any atom is -0.497 e. The lowest BCUT2D eigenvalue weighted by Gasteiger charge is -2.08. The summed E-state index contributed by atoms with van der Waals surface area (Å²) >= 11 is 2.21. The third-order valence-electron chi connectivity index (χ3n) is 4.50. The van der Waals surface area contributed by atoms with E-state index in [2.05, 4.69) is 37.9 Å². The van der Waals surface area contributed by atoms with Crippen molar-refractivity contribution in [1.82, 2.24) is 0 Å². The number of amides is 1. The van der Waals surface area contributed by atoms with E-state index in [1.54, 1.807) is 14.2 Å². The summed E-state index contributed by atoms with van der Waals surface area (Å²) < 4.78 is 6.29. The number of nitrogens with one attached hydrogen (secondary N) is 1. The molecule has 1 N–H and O–H groups in total. The van der Waals surface area contributed by atoms with Crippen LogP contribution in [-0.2, 0) is 0 Å². The van der Waals surface area contributed by atoms with Crippen molar-refractivity contribution in [1.29, 1.82) is 0 Å². The molecule has 3 rings (SSSR count). The van der Waals surface area contributed by atoms with E-state index >= 15 is 0 Å². The normalized spacial score (nSPS) is 11.9. The molecule has 0 spiro atoms. The number of aliphatic imine (C=N–C) groups is 2. The van der Waals surface area contributed by atoms with Crippen molar-refractivity contribution in [2.24, 2.45) is 9.98 Å². The number of carbonyl (C=O) groups is 1. The van der Waals surface area contributed by atoms with Gasteiger partial charge in [0.1, 0.15) is 5.75 Å². The molecule has 5 nitrogen and oxygen atoms in total. The maximum Gasteiger partial charge on any atom is 0.255 e. The average Bonchev–Trinajstić information content (AvgIpc) is 2.78. The fourth-order valence-electron chi connectivity index (χ4n) is 2.81. The fraction of sp³-hybridized carbons (Fsp3) is 0.125. The van der Waals surface area contributed by atoms with E-state index in [1.165, 1.54) is 0 Å². The smallest absolute Gasteiger partial charge is 0.255 e. The van der Waals surface area contributed by atoms with Gasteiger partial charge in [-0.2, -0.15) is 0 Å². The molecule has 6 heteroatoms. The zero-order valence-electron chi connectivity index (χ0n) is 17.0. The van der Waals surface area contributed by atoms with Crippen LogP contribution in [-0.4, -0.2) is 31.6 Å². The van der Waals surface area contributed by atoms with Gasteiger partial charge in [0.15, 0.2) is 5.84 Å². The molecular formula is C24H22IN3O2. The Morgan fingerprint density at radius 2 is 1.43 bits per heavy atom. The Kier molecular flexibility index (Phi) is 7.35. The van der Waals surface area contributed by atoms with E-state index < -0.39 is 0 Å². The molecular weight excluding hydrogens is 489 g/mol. The first-order valence-electron chi connectivity index (χ1n) is 9.34. The summed E-state index contributed by atoms with van der Waals surface area (Å²) in [6.45, 7) is 1.95. The highest BCUT2D eigenvalue weighted by Crippen LogP contribution is 2.16. The fourth-order valence-corrected chi connectivity index (χ4v) is 3.17. The number of rotatable bonds is 5. The van der Waals surface area contributed by atoms with E-state index in [0.29, 0.717) is 17.1 Å². The van der Waals surface area contributed by atoms with Gasteiger partial charge >= 0.3 is 0 Å². The van der Waals surface area contributed by atoms with Gasteiger partial charge in [-0.3, -0.25) is 9.79 Å². The number of hydrogen-bond acceptors (Lipinski definition) is 3. The van der Waals surface area contributed by atoms with Crippen LogP contribution in [0.3, 0.4) is 0 Å². The van der Waals surface area contributed by atoms with Gasteiger partial charge in [-0.15, -0.1) is 0 Å². The lowest BCUT2D eigenvalue weighted by Crippen LogP contribution is -2.12. The molecule has 0 bridgehead atoms. The SMILES string of the molecule is C/N=C(\N=C(/C)c1ccc(OC)cc1)c1ccc(NC(=O)c2ccc(I)cc2)cc1. The van der Waals surface area contributed by atoms with Gasteiger partial charge in [0.05, 0.1) is 7.11 Å². The second kappa shape index (κ2) is 10.2. The van der Waals surface area contributed by atoms with Crippen LogP contribution in [0, 0.1) is 3.57 Å². The topological polar surface area (TPSA) is 63.1 Å². The molecule has 0 radical (unpaired) electrons. The molecule has 0 saturated heterocycles. The van der Waals surface area contributed by atoms with Crippen LogP contribution in [0.25, 0.3) is 0 Å². The minimum absolute atomic E-state index is 0.142.